The van der Waals surface area contributed by atoms with Gasteiger partial charge in [-0.3, -0.25) is 4.79 Å². The number of nitrogens with zero attached hydrogens (tertiary/aromatic N) is 3. The molecule has 1 aromatic rings. The molecular formula is C8H13N5O3. The second kappa shape index (κ2) is 4.09. The lowest BCUT2D eigenvalue weighted by Gasteiger charge is -2.17. The maximum absolute atomic E-state index is 11.1. The Hall–Kier alpha value is -2.25. The zero-order valence-corrected chi connectivity index (χ0v) is 8.97. The Kier molecular flexibility index (Phi) is 3.02. The lowest BCUT2D eigenvalue weighted by molar-refractivity contribution is -0.135. The van der Waals surface area contributed by atoms with E-state index in [4.69, 9.17) is 16.6 Å². The molecule has 0 spiro atoms. The fraction of sp³-hybridized carbons (Fsp3) is 0.375. The van der Waals surface area contributed by atoms with Crippen molar-refractivity contribution in [1.82, 2.24) is 9.78 Å². The van der Waals surface area contributed by atoms with Crippen molar-refractivity contribution in [3.8, 4) is 0 Å². The molecule has 0 radical (unpaired) electrons. The number of aryl methyl sites for hydroxylation is 1. The van der Waals surface area contributed by atoms with Crippen molar-refractivity contribution in [2.75, 3.05) is 24.2 Å². The van der Waals surface area contributed by atoms with Crippen molar-refractivity contribution in [1.29, 1.82) is 0 Å². The van der Waals surface area contributed by atoms with Gasteiger partial charge < -0.3 is 21.5 Å². The molecule has 0 aliphatic rings. The zero-order chi connectivity index (χ0) is 12.5. The minimum Gasteiger partial charge on any atom is -0.480 e. The number of carboxylic acid groups (broad SMARTS) is 1. The Morgan fingerprint density at radius 3 is 2.56 bits per heavy atom. The number of nitrogens with two attached hydrogens (primary N) is 2. The number of amides is 1. The van der Waals surface area contributed by atoms with Crippen molar-refractivity contribution >= 4 is 23.5 Å². The van der Waals surface area contributed by atoms with Crippen molar-refractivity contribution in [3.63, 3.8) is 0 Å². The number of carboxylic acids is 1. The van der Waals surface area contributed by atoms with Crippen LogP contribution in [0.3, 0.4) is 0 Å². The highest BCUT2D eigenvalue weighted by molar-refractivity contribution is 5.84. The molecule has 0 atom stereocenters. The Balaban J connectivity index is 3.19. The first-order valence-corrected chi connectivity index (χ1v) is 4.42. The van der Waals surface area contributed by atoms with Crippen molar-refractivity contribution in [2.45, 2.75) is 6.92 Å². The molecule has 0 aliphatic heterocycles. The number of aromatic nitrogens is 2. The van der Waals surface area contributed by atoms with Crippen molar-refractivity contribution < 1.29 is 14.7 Å². The molecule has 16 heavy (non-hydrogen) atoms. The minimum absolute atomic E-state index is 0.187. The number of anilines is 2. The Morgan fingerprint density at radius 1 is 1.56 bits per heavy atom. The molecule has 8 nitrogen and oxygen atoms in total. The van der Waals surface area contributed by atoms with Crippen LogP contribution in [0, 0.1) is 6.92 Å². The second-order valence-corrected chi connectivity index (χ2v) is 3.32. The summed E-state index contributed by atoms with van der Waals surface area (Å²) in [7, 11) is 1.49. The topological polar surface area (TPSA) is 127 Å². The van der Waals surface area contributed by atoms with E-state index in [0.29, 0.717) is 5.69 Å². The van der Waals surface area contributed by atoms with E-state index < -0.39 is 12.0 Å². The van der Waals surface area contributed by atoms with Gasteiger partial charge in [0.15, 0.2) is 5.82 Å². The van der Waals surface area contributed by atoms with Gasteiger partial charge in [0, 0.05) is 7.05 Å². The summed E-state index contributed by atoms with van der Waals surface area (Å²) in [6.45, 7) is 1.30. The van der Waals surface area contributed by atoms with E-state index in [2.05, 4.69) is 5.10 Å². The molecule has 88 valence electrons. The number of nitrogen functional groups attached to an aromatic ring is 1. The number of primary amides is 1. The number of aliphatic carboxylic acids is 1. The van der Waals surface area contributed by atoms with E-state index >= 15 is 0 Å². The highest BCUT2D eigenvalue weighted by Crippen LogP contribution is 2.24. The molecule has 8 heteroatoms. The monoisotopic (exact) mass is 227 g/mol. The van der Waals surface area contributed by atoms with Crippen LogP contribution in [0.5, 0.6) is 0 Å². The Bertz CT molecular complexity index is 439. The number of rotatable bonds is 3. The van der Waals surface area contributed by atoms with Gasteiger partial charge in [0.1, 0.15) is 6.54 Å². The van der Waals surface area contributed by atoms with Crippen LogP contribution in [0.1, 0.15) is 5.69 Å². The molecule has 1 rings (SSSR count). The zero-order valence-electron chi connectivity index (χ0n) is 8.97. The van der Waals surface area contributed by atoms with Gasteiger partial charge in [-0.15, -0.1) is 0 Å². The first-order chi connectivity index (χ1) is 7.34. The van der Waals surface area contributed by atoms with Gasteiger partial charge in [-0.2, -0.15) is 9.78 Å². The van der Waals surface area contributed by atoms with Crippen LogP contribution >= 0.6 is 0 Å². The maximum Gasteiger partial charge on any atom is 0.341 e. The molecule has 0 bridgehead atoms. The molecule has 0 saturated heterocycles. The molecule has 1 aromatic heterocycles. The predicted octanol–water partition coefficient (Wildman–Crippen LogP) is -0.779. The molecule has 0 unspecified atom stereocenters. The third kappa shape index (κ3) is 2.05. The van der Waals surface area contributed by atoms with Crippen molar-refractivity contribution in [3.05, 3.63) is 5.69 Å². The third-order valence-electron chi connectivity index (χ3n) is 2.02. The van der Waals surface area contributed by atoms with Gasteiger partial charge >= 0.3 is 12.0 Å². The van der Waals surface area contributed by atoms with Crippen LogP contribution in [0.25, 0.3) is 0 Å². The highest BCUT2D eigenvalue weighted by Gasteiger charge is 2.20. The van der Waals surface area contributed by atoms with Crippen LogP contribution in [0.2, 0.25) is 0 Å². The summed E-state index contributed by atoms with van der Waals surface area (Å²) in [5, 5.41) is 12.5. The smallest absolute Gasteiger partial charge is 0.341 e. The summed E-state index contributed by atoms with van der Waals surface area (Å²) in [6.07, 6.45) is 0. The first-order valence-electron chi connectivity index (χ1n) is 4.42. The molecular weight excluding hydrogens is 214 g/mol. The van der Waals surface area contributed by atoms with Crippen molar-refractivity contribution in [2.24, 2.45) is 5.73 Å². The van der Waals surface area contributed by atoms with Gasteiger partial charge in [-0.05, 0) is 6.92 Å². The lowest BCUT2D eigenvalue weighted by atomic mass is 10.3. The third-order valence-corrected chi connectivity index (χ3v) is 2.02. The normalized spacial score (nSPS) is 10.1. The molecule has 0 fully saturated rings. The largest absolute Gasteiger partial charge is 0.480 e. The first kappa shape index (κ1) is 11.8. The fourth-order valence-corrected chi connectivity index (χ4v) is 1.33. The fourth-order valence-electron chi connectivity index (χ4n) is 1.33. The summed E-state index contributed by atoms with van der Waals surface area (Å²) in [4.78, 5) is 22.9. The van der Waals surface area contributed by atoms with E-state index in [1.165, 1.54) is 11.9 Å². The number of carbonyl (C=O) groups excluding carboxylic acids is 1. The summed E-state index contributed by atoms with van der Waals surface area (Å²) >= 11 is 0. The SMILES string of the molecule is Cc1nn(C(N)=O)c(N(C)CC(=O)O)c1N. The molecule has 0 aliphatic carbocycles. The van der Waals surface area contributed by atoms with Gasteiger partial charge in [0.05, 0.1) is 11.4 Å². The van der Waals surface area contributed by atoms with Gasteiger partial charge in [0.25, 0.3) is 0 Å². The second-order valence-electron chi connectivity index (χ2n) is 3.32. The standard InChI is InChI=1S/C8H13N5O3/c1-4-6(9)7(12(2)3-5(14)15)13(11-4)8(10)16/h3,9H2,1-2H3,(H2,10,16)(H,14,15). The molecule has 0 saturated carbocycles. The summed E-state index contributed by atoms with van der Waals surface area (Å²) in [5.41, 5.74) is 11.5. The van der Waals surface area contributed by atoms with Gasteiger partial charge in [0.2, 0.25) is 0 Å². The van der Waals surface area contributed by atoms with Crippen LogP contribution in [0.15, 0.2) is 0 Å². The van der Waals surface area contributed by atoms with Crippen LogP contribution < -0.4 is 16.4 Å². The predicted molar refractivity (Wildman–Crippen MR) is 57.3 cm³/mol. The van der Waals surface area contributed by atoms with Gasteiger partial charge in [-0.1, -0.05) is 0 Å². The molecule has 5 N–H and O–H groups in total. The average Bonchev–Trinajstić information content (AvgIpc) is 2.42. The quantitative estimate of drug-likeness (QED) is 0.621. The number of hydrogen-bond donors (Lipinski definition) is 3. The van der Waals surface area contributed by atoms with Crippen LogP contribution in [-0.4, -0.2) is 40.5 Å². The van der Waals surface area contributed by atoms with E-state index in [1.807, 2.05) is 0 Å². The molecule has 0 aromatic carbocycles. The van der Waals surface area contributed by atoms with Crippen LogP contribution in [-0.2, 0) is 4.79 Å². The average molecular weight is 227 g/mol. The van der Waals surface area contributed by atoms with E-state index in [9.17, 15) is 9.59 Å². The molecule has 1 heterocycles. The number of hydrogen-bond acceptors (Lipinski definition) is 5. The highest BCUT2D eigenvalue weighted by atomic mass is 16.4. The summed E-state index contributed by atoms with van der Waals surface area (Å²) in [6, 6.07) is -0.813. The minimum atomic E-state index is -1.04. The van der Waals surface area contributed by atoms with E-state index in [0.717, 1.165) is 4.68 Å². The number of likely N-dealkylation sites (N-methyl/N-ethyl adjacent to an activating group) is 1. The van der Waals surface area contributed by atoms with E-state index in [1.54, 1.807) is 6.92 Å². The lowest BCUT2D eigenvalue weighted by Crippen LogP contribution is -2.31. The Morgan fingerprint density at radius 2 is 2.12 bits per heavy atom. The van der Waals surface area contributed by atoms with E-state index in [-0.39, 0.29) is 18.1 Å². The molecule has 1 amide bonds. The maximum atomic E-state index is 11.1. The van der Waals surface area contributed by atoms with Crippen LogP contribution in [0.4, 0.5) is 16.3 Å². The number of carbonyl (C=O) groups is 2. The summed E-state index contributed by atoms with van der Waals surface area (Å²) < 4.78 is 0.883. The van der Waals surface area contributed by atoms with Gasteiger partial charge in [-0.25, -0.2) is 4.79 Å². The Labute approximate surface area is 91.4 Å². The summed E-state index contributed by atoms with van der Waals surface area (Å²) in [5.74, 6) is -0.857.